The summed E-state index contributed by atoms with van der Waals surface area (Å²) in [5.41, 5.74) is 4.23. The Kier molecular flexibility index (Phi) is 5.09. The summed E-state index contributed by atoms with van der Waals surface area (Å²) in [5, 5.41) is 5.05. The van der Waals surface area contributed by atoms with E-state index < -0.39 is 0 Å². The molecular weight excluding hydrogens is 398 g/mol. The first-order chi connectivity index (χ1) is 14.7. The van der Waals surface area contributed by atoms with Gasteiger partial charge in [0.05, 0.1) is 11.0 Å². The monoisotopic (exact) mass is 421 g/mol. The fourth-order valence-electron chi connectivity index (χ4n) is 4.27. The summed E-state index contributed by atoms with van der Waals surface area (Å²) in [6, 6.07) is 13.9. The average molecular weight is 422 g/mol. The topological polar surface area (TPSA) is 76.8 Å². The summed E-state index contributed by atoms with van der Waals surface area (Å²) in [4.78, 5) is 26.1. The van der Waals surface area contributed by atoms with E-state index in [9.17, 15) is 4.79 Å². The highest BCUT2D eigenvalue weighted by Crippen LogP contribution is 2.25. The highest BCUT2D eigenvalue weighted by Gasteiger charge is 2.26. The molecule has 2 aromatic heterocycles. The van der Waals surface area contributed by atoms with Gasteiger partial charge in [0.1, 0.15) is 0 Å². The minimum Gasteiger partial charge on any atom is -0.361 e. The number of carbonyl (C=O) groups is 1. The van der Waals surface area contributed by atoms with Crippen LogP contribution in [0.1, 0.15) is 18.4 Å². The van der Waals surface area contributed by atoms with Crippen LogP contribution in [0.5, 0.6) is 0 Å². The molecule has 0 bridgehead atoms. The molecule has 0 atom stereocenters. The normalized spacial score (nSPS) is 15.2. The van der Waals surface area contributed by atoms with E-state index in [1.165, 1.54) is 10.9 Å². The van der Waals surface area contributed by atoms with E-state index in [0.29, 0.717) is 11.6 Å². The van der Waals surface area contributed by atoms with Crippen LogP contribution in [0, 0.1) is 5.92 Å². The molecule has 2 aromatic carbocycles. The fraction of sp³-hybridized carbons (Fsp3) is 0.304. The van der Waals surface area contributed by atoms with Gasteiger partial charge in [-0.2, -0.15) is 0 Å². The van der Waals surface area contributed by atoms with Gasteiger partial charge in [0, 0.05) is 47.7 Å². The molecule has 3 heterocycles. The first-order valence-corrected chi connectivity index (χ1v) is 10.8. The maximum absolute atomic E-state index is 12.6. The summed E-state index contributed by atoms with van der Waals surface area (Å²) in [6.45, 7) is 2.29. The van der Waals surface area contributed by atoms with Crippen molar-refractivity contribution in [1.82, 2.24) is 20.3 Å². The number of carbonyl (C=O) groups excluding carboxylic acids is 1. The molecule has 1 aliphatic heterocycles. The van der Waals surface area contributed by atoms with Crippen molar-refractivity contribution in [3.05, 3.63) is 59.2 Å². The van der Waals surface area contributed by atoms with Crippen molar-refractivity contribution in [3.8, 4) is 0 Å². The van der Waals surface area contributed by atoms with Crippen molar-refractivity contribution in [1.29, 1.82) is 0 Å². The Balaban J connectivity index is 1.13. The average Bonchev–Trinajstić information content (AvgIpc) is 3.38. The van der Waals surface area contributed by atoms with Gasteiger partial charge in [-0.15, -0.1) is 0 Å². The van der Waals surface area contributed by atoms with Gasteiger partial charge in [-0.1, -0.05) is 29.8 Å². The Morgan fingerprint density at radius 2 is 2.00 bits per heavy atom. The summed E-state index contributed by atoms with van der Waals surface area (Å²) in [5.74, 6) is 1.07. The van der Waals surface area contributed by atoms with E-state index in [-0.39, 0.29) is 11.8 Å². The Morgan fingerprint density at radius 3 is 2.87 bits per heavy atom. The number of amides is 1. The number of rotatable bonds is 5. The third kappa shape index (κ3) is 3.75. The Labute approximate surface area is 179 Å². The standard InChI is InChI=1S/C23H24ClN5O/c24-17-5-6-20-21(13-17)28-23(27-20)29-11-8-15(9-12-29)22(30)25-10-7-16-14-26-19-4-2-1-3-18(16)19/h1-6,13-15,26H,7-12H2,(H,25,30)(H,27,28). The van der Waals surface area contributed by atoms with Crippen LogP contribution in [0.2, 0.25) is 5.02 Å². The molecule has 1 saturated heterocycles. The molecule has 1 amide bonds. The molecule has 0 saturated carbocycles. The molecule has 7 heteroatoms. The van der Waals surface area contributed by atoms with Gasteiger partial charge in [-0.05, 0) is 49.1 Å². The zero-order chi connectivity index (χ0) is 20.5. The number of aromatic amines is 2. The van der Waals surface area contributed by atoms with Crippen LogP contribution in [-0.2, 0) is 11.2 Å². The van der Waals surface area contributed by atoms with E-state index in [4.69, 9.17) is 11.6 Å². The summed E-state index contributed by atoms with van der Waals surface area (Å²) in [7, 11) is 0. The Bertz CT molecular complexity index is 1190. The number of para-hydroxylation sites is 1. The third-order valence-corrected chi connectivity index (χ3v) is 6.20. The molecule has 1 fully saturated rings. The molecule has 6 nitrogen and oxygen atoms in total. The second kappa shape index (κ2) is 8.03. The first kappa shape index (κ1) is 19.0. The number of fused-ring (bicyclic) bond motifs is 2. The highest BCUT2D eigenvalue weighted by molar-refractivity contribution is 6.31. The minimum atomic E-state index is 0.0584. The Hall–Kier alpha value is -2.99. The van der Waals surface area contributed by atoms with E-state index in [2.05, 4.69) is 37.3 Å². The lowest BCUT2D eigenvalue weighted by Crippen LogP contribution is -2.41. The van der Waals surface area contributed by atoms with Gasteiger partial charge in [0.25, 0.3) is 0 Å². The zero-order valence-corrected chi connectivity index (χ0v) is 17.4. The van der Waals surface area contributed by atoms with Crippen molar-refractivity contribution in [3.63, 3.8) is 0 Å². The molecule has 5 rings (SSSR count). The number of aromatic nitrogens is 3. The lowest BCUT2D eigenvalue weighted by atomic mass is 9.96. The maximum atomic E-state index is 12.6. The summed E-state index contributed by atoms with van der Waals surface area (Å²) >= 11 is 6.06. The Morgan fingerprint density at radius 1 is 1.17 bits per heavy atom. The van der Waals surface area contributed by atoms with Crippen LogP contribution < -0.4 is 10.2 Å². The fourth-order valence-corrected chi connectivity index (χ4v) is 4.45. The van der Waals surface area contributed by atoms with Crippen molar-refractivity contribution in [2.45, 2.75) is 19.3 Å². The molecule has 30 heavy (non-hydrogen) atoms. The largest absolute Gasteiger partial charge is 0.361 e. The van der Waals surface area contributed by atoms with Crippen LogP contribution in [0.15, 0.2) is 48.7 Å². The molecule has 0 unspecified atom stereocenters. The van der Waals surface area contributed by atoms with Crippen molar-refractivity contribution in [2.75, 3.05) is 24.5 Å². The molecule has 4 aromatic rings. The van der Waals surface area contributed by atoms with Gasteiger partial charge >= 0.3 is 0 Å². The minimum absolute atomic E-state index is 0.0584. The molecule has 0 spiro atoms. The lowest BCUT2D eigenvalue weighted by molar-refractivity contribution is -0.125. The highest BCUT2D eigenvalue weighted by atomic mass is 35.5. The molecule has 3 N–H and O–H groups in total. The number of hydrogen-bond acceptors (Lipinski definition) is 3. The van der Waals surface area contributed by atoms with Crippen molar-refractivity contribution >= 4 is 45.4 Å². The van der Waals surface area contributed by atoms with Crippen molar-refractivity contribution < 1.29 is 4.79 Å². The third-order valence-electron chi connectivity index (χ3n) is 5.97. The molecule has 0 radical (unpaired) electrons. The SMILES string of the molecule is O=C(NCCc1c[nH]c2ccccc12)C1CCN(c2nc3ccc(Cl)cc3[nH]2)CC1. The van der Waals surface area contributed by atoms with Crippen LogP contribution in [0.4, 0.5) is 5.95 Å². The zero-order valence-electron chi connectivity index (χ0n) is 16.6. The van der Waals surface area contributed by atoms with Crippen LogP contribution >= 0.6 is 11.6 Å². The van der Waals surface area contributed by atoms with E-state index in [0.717, 1.165) is 54.9 Å². The summed E-state index contributed by atoms with van der Waals surface area (Å²) in [6.07, 6.45) is 4.53. The first-order valence-electron chi connectivity index (χ1n) is 10.4. The van der Waals surface area contributed by atoms with Gasteiger partial charge in [0.2, 0.25) is 11.9 Å². The predicted molar refractivity (Wildman–Crippen MR) is 121 cm³/mol. The maximum Gasteiger partial charge on any atom is 0.223 e. The number of H-pyrrole nitrogens is 2. The quantitative estimate of drug-likeness (QED) is 0.450. The van der Waals surface area contributed by atoms with Crippen LogP contribution in [0.25, 0.3) is 21.9 Å². The number of hydrogen-bond donors (Lipinski definition) is 3. The number of halogens is 1. The molecule has 154 valence electrons. The number of nitrogens with one attached hydrogen (secondary N) is 3. The van der Waals surface area contributed by atoms with Gasteiger partial charge in [-0.25, -0.2) is 4.98 Å². The van der Waals surface area contributed by atoms with E-state index in [1.807, 2.05) is 36.5 Å². The molecular formula is C23H24ClN5O. The van der Waals surface area contributed by atoms with Crippen molar-refractivity contribution in [2.24, 2.45) is 5.92 Å². The van der Waals surface area contributed by atoms with Crippen LogP contribution in [0.3, 0.4) is 0 Å². The van der Waals surface area contributed by atoms with E-state index >= 15 is 0 Å². The number of imidazole rings is 1. The van der Waals surface area contributed by atoms with Gasteiger partial charge < -0.3 is 20.2 Å². The number of anilines is 1. The van der Waals surface area contributed by atoms with Crippen LogP contribution in [-0.4, -0.2) is 40.5 Å². The second-order valence-electron chi connectivity index (χ2n) is 7.88. The number of piperidine rings is 1. The second-order valence-corrected chi connectivity index (χ2v) is 8.32. The smallest absolute Gasteiger partial charge is 0.223 e. The lowest BCUT2D eigenvalue weighted by Gasteiger charge is -2.31. The summed E-state index contributed by atoms with van der Waals surface area (Å²) < 4.78 is 0. The predicted octanol–water partition coefficient (Wildman–Crippen LogP) is 4.27. The van der Waals surface area contributed by atoms with E-state index in [1.54, 1.807) is 0 Å². The molecule has 0 aliphatic carbocycles. The number of benzene rings is 2. The van der Waals surface area contributed by atoms with Gasteiger partial charge in [-0.3, -0.25) is 4.79 Å². The van der Waals surface area contributed by atoms with Gasteiger partial charge in [0.15, 0.2) is 0 Å². The number of nitrogens with zero attached hydrogens (tertiary/aromatic N) is 2. The molecule has 1 aliphatic rings.